The second kappa shape index (κ2) is 6.32. The molecule has 0 heterocycles. The molecule has 0 aliphatic carbocycles. The molecule has 0 saturated heterocycles. The minimum atomic E-state index is -2.58. The molecule has 0 aliphatic heterocycles. The Kier molecular flexibility index (Phi) is 4.93. The van der Waals surface area contributed by atoms with Crippen LogP contribution in [0, 0.1) is 0 Å². The molecule has 0 aliphatic rings. The summed E-state index contributed by atoms with van der Waals surface area (Å²) >= 11 is 12.7. The van der Waals surface area contributed by atoms with Crippen molar-refractivity contribution in [1.29, 1.82) is 0 Å². The zero-order valence-electron chi connectivity index (χ0n) is 9.60. The smallest absolute Gasteiger partial charge is 0.164 e. The second-order valence-corrected chi connectivity index (χ2v) is 6.30. The van der Waals surface area contributed by atoms with Crippen LogP contribution >= 0.6 is 39.1 Å². The quantitative estimate of drug-likeness (QED) is 0.775. The van der Waals surface area contributed by atoms with Crippen LogP contribution in [0.4, 0.5) is 0 Å². The highest BCUT2D eigenvalue weighted by Crippen LogP contribution is 2.39. The monoisotopic (exact) mass is 395 g/mol. The van der Waals surface area contributed by atoms with Crippen molar-refractivity contribution in [3.63, 3.8) is 0 Å². The van der Waals surface area contributed by atoms with Crippen molar-refractivity contribution in [2.45, 2.75) is 4.90 Å². The second-order valence-electron chi connectivity index (χ2n) is 3.66. The van der Waals surface area contributed by atoms with E-state index in [-0.39, 0.29) is 32.2 Å². The van der Waals surface area contributed by atoms with Crippen LogP contribution in [0.15, 0.2) is 39.7 Å². The molecule has 0 spiro atoms. The van der Waals surface area contributed by atoms with Crippen molar-refractivity contribution in [3.8, 4) is 17.2 Å². The molecule has 106 valence electrons. The molecule has 1 unspecified atom stereocenters. The van der Waals surface area contributed by atoms with Crippen LogP contribution < -0.4 is 4.74 Å². The van der Waals surface area contributed by atoms with Crippen molar-refractivity contribution < 1.29 is 18.6 Å². The summed E-state index contributed by atoms with van der Waals surface area (Å²) in [6.45, 7) is 0. The van der Waals surface area contributed by atoms with Gasteiger partial charge in [-0.15, -0.1) is 0 Å². The Morgan fingerprint density at radius 2 is 1.80 bits per heavy atom. The predicted molar refractivity (Wildman–Crippen MR) is 79.5 cm³/mol. The van der Waals surface area contributed by atoms with E-state index in [1.807, 2.05) is 0 Å². The van der Waals surface area contributed by atoms with Gasteiger partial charge in [-0.05, 0) is 41.4 Å². The van der Waals surface area contributed by atoms with Gasteiger partial charge in [-0.1, -0.05) is 39.1 Å². The first kappa shape index (κ1) is 15.6. The number of ether oxygens (including phenoxy) is 1. The Hall–Kier alpha value is -0.790. The third kappa shape index (κ3) is 3.45. The molecule has 0 bridgehead atoms. The topological polar surface area (TPSA) is 69.6 Å². The Morgan fingerprint density at radius 1 is 1.20 bits per heavy atom. The van der Waals surface area contributed by atoms with E-state index in [1.54, 1.807) is 12.1 Å². The summed E-state index contributed by atoms with van der Waals surface area (Å²) in [7, 11) is 0. The highest BCUT2D eigenvalue weighted by Gasteiger charge is 2.12. The fraction of sp³-hybridized carbons (Fsp3) is 0. The van der Waals surface area contributed by atoms with E-state index in [4.69, 9.17) is 27.9 Å². The molecule has 0 saturated carbocycles. The lowest BCUT2D eigenvalue weighted by Crippen LogP contribution is -1.92. The first-order valence-corrected chi connectivity index (χ1v) is 7.75. The molecule has 4 nitrogen and oxygen atoms in total. The van der Waals surface area contributed by atoms with Crippen molar-refractivity contribution in [2.24, 2.45) is 0 Å². The van der Waals surface area contributed by atoms with Crippen LogP contribution in [-0.4, -0.2) is 13.9 Å². The zero-order chi connectivity index (χ0) is 14.9. The molecule has 1 atom stereocenters. The maximum atomic E-state index is 10.9. The number of benzene rings is 2. The number of phenolic OH excluding ortho intramolecular Hbond substituents is 1. The summed E-state index contributed by atoms with van der Waals surface area (Å²) in [5.74, 6) is 0.0247. The van der Waals surface area contributed by atoms with E-state index in [9.17, 15) is 13.9 Å². The van der Waals surface area contributed by atoms with Gasteiger partial charge in [0.25, 0.3) is 0 Å². The van der Waals surface area contributed by atoms with Crippen molar-refractivity contribution >= 4 is 50.2 Å². The van der Waals surface area contributed by atoms with E-state index in [0.29, 0.717) is 4.47 Å². The lowest BCUT2D eigenvalue weighted by Gasteiger charge is -2.13. The number of hydrogen-bond donors (Lipinski definition) is 1. The van der Waals surface area contributed by atoms with Crippen LogP contribution in [0.1, 0.15) is 0 Å². The van der Waals surface area contributed by atoms with Gasteiger partial charge in [0, 0.05) is 4.47 Å². The standard InChI is InChI=1S/C12H7BrCl2O4S/c13-6-3-8(14)12(9(15)4-6)19-7-1-2-10(16)11(5-7)20(17)18/h1-5,16H,(H,17,18)/p-1. The first-order valence-electron chi connectivity index (χ1n) is 5.13. The fourth-order valence-corrected chi connectivity index (χ4v) is 3.17. The molecule has 8 heteroatoms. The average Bonchev–Trinajstić information content (AvgIpc) is 2.35. The van der Waals surface area contributed by atoms with Crippen molar-refractivity contribution in [2.75, 3.05) is 0 Å². The van der Waals surface area contributed by atoms with E-state index in [0.717, 1.165) is 0 Å². The van der Waals surface area contributed by atoms with Crippen LogP contribution in [0.25, 0.3) is 0 Å². The normalized spacial score (nSPS) is 12.2. The number of hydrogen-bond acceptors (Lipinski definition) is 4. The van der Waals surface area contributed by atoms with Gasteiger partial charge < -0.3 is 14.4 Å². The lowest BCUT2D eigenvalue weighted by atomic mass is 10.3. The summed E-state index contributed by atoms with van der Waals surface area (Å²) in [5.41, 5.74) is 0. The fourth-order valence-electron chi connectivity index (χ4n) is 1.44. The zero-order valence-corrected chi connectivity index (χ0v) is 13.5. The number of halogens is 3. The Morgan fingerprint density at radius 3 is 2.35 bits per heavy atom. The Balaban J connectivity index is 2.41. The van der Waals surface area contributed by atoms with Crippen LogP contribution in [0.2, 0.25) is 10.0 Å². The number of aromatic hydroxyl groups is 1. The summed E-state index contributed by atoms with van der Waals surface area (Å²) in [4.78, 5) is -0.271. The largest absolute Gasteiger partial charge is 0.768 e. The van der Waals surface area contributed by atoms with Crippen molar-refractivity contribution in [1.82, 2.24) is 0 Å². The maximum absolute atomic E-state index is 10.9. The molecule has 0 amide bonds. The molecule has 0 aromatic heterocycles. The average molecular weight is 397 g/mol. The highest BCUT2D eigenvalue weighted by molar-refractivity contribution is 9.10. The highest BCUT2D eigenvalue weighted by atomic mass is 79.9. The molecular formula is C12H6BrCl2O4S-. The summed E-state index contributed by atoms with van der Waals surface area (Å²) in [6.07, 6.45) is 0. The Labute approximate surface area is 135 Å². The number of rotatable bonds is 3. The summed E-state index contributed by atoms with van der Waals surface area (Å²) < 4.78 is 28.0. The van der Waals surface area contributed by atoms with Gasteiger partial charge in [0.2, 0.25) is 0 Å². The molecule has 2 rings (SSSR count). The van der Waals surface area contributed by atoms with Gasteiger partial charge in [0.1, 0.15) is 11.5 Å². The first-order chi connectivity index (χ1) is 9.38. The molecule has 1 N–H and O–H groups in total. The minimum absolute atomic E-state index is 0.188. The van der Waals surface area contributed by atoms with Crippen LogP contribution in [0.3, 0.4) is 0 Å². The van der Waals surface area contributed by atoms with E-state index < -0.39 is 11.1 Å². The molecular weight excluding hydrogens is 391 g/mol. The van der Waals surface area contributed by atoms with Gasteiger partial charge in [0.15, 0.2) is 5.75 Å². The Bertz CT molecular complexity index is 670. The third-order valence-electron chi connectivity index (χ3n) is 2.29. The number of phenols is 1. The molecule has 20 heavy (non-hydrogen) atoms. The molecule has 2 aromatic rings. The van der Waals surface area contributed by atoms with Gasteiger partial charge in [-0.2, -0.15) is 0 Å². The van der Waals surface area contributed by atoms with Gasteiger partial charge in [-0.3, -0.25) is 4.21 Å². The van der Waals surface area contributed by atoms with Crippen molar-refractivity contribution in [3.05, 3.63) is 44.8 Å². The van der Waals surface area contributed by atoms with E-state index in [2.05, 4.69) is 15.9 Å². The molecule has 0 radical (unpaired) electrons. The molecule has 0 fully saturated rings. The lowest BCUT2D eigenvalue weighted by molar-refractivity contribution is 0.445. The maximum Gasteiger partial charge on any atom is 0.164 e. The van der Waals surface area contributed by atoms with Crippen LogP contribution in [-0.2, 0) is 11.1 Å². The minimum Gasteiger partial charge on any atom is -0.768 e. The third-order valence-corrected chi connectivity index (χ3v) is 4.00. The van der Waals surface area contributed by atoms with Gasteiger partial charge in [0.05, 0.1) is 14.9 Å². The van der Waals surface area contributed by atoms with E-state index >= 15 is 0 Å². The SMILES string of the molecule is O=S([O-])c1cc(Oc2c(Cl)cc(Br)cc2Cl)ccc1O. The molecule has 2 aromatic carbocycles. The van der Waals surface area contributed by atoms with E-state index in [1.165, 1.54) is 18.2 Å². The summed E-state index contributed by atoms with van der Waals surface area (Å²) in [5, 5.41) is 9.94. The summed E-state index contributed by atoms with van der Waals surface area (Å²) in [6, 6.07) is 6.97. The predicted octanol–water partition coefficient (Wildman–Crippen LogP) is 4.49. The van der Waals surface area contributed by atoms with Gasteiger partial charge in [-0.25, -0.2) is 0 Å². The van der Waals surface area contributed by atoms with Gasteiger partial charge >= 0.3 is 0 Å². The van der Waals surface area contributed by atoms with Crippen LogP contribution in [0.5, 0.6) is 17.2 Å².